The quantitative estimate of drug-likeness (QED) is 0.494. The van der Waals surface area contributed by atoms with E-state index >= 15 is 0 Å². The number of likely N-dealkylation sites (N-methyl/N-ethyl adjacent to an activating group) is 3. The number of nitrogens with zero attached hydrogens (tertiary/aromatic N) is 4. The van der Waals surface area contributed by atoms with Gasteiger partial charge in [0.2, 0.25) is 0 Å². The van der Waals surface area contributed by atoms with Crippen LogP contribution in [0.5, 0.6) is 0 Å². The van der Waals surface area contributed by atoms with Crippen LogP contribution < -0.4 is 0 Å². The first kappa shape index (κ1) is 11.2. The van der Waals surface area contributed by atoms with Gasteiger partial charge in [0, 0.05) is 0 Å². The van der Waals surface area contributed by atoms with Crippen molar-refractivity contribution in [3.8, 4) is 0 Å². The van der Waals surface area contributed by atoms with E-state index in [1.54, 1.807) is 0 Å². The minimum atomic E-state index is -1.66. The molecule has 0 aromatic carbocycles. The van der Waals surface area contributed by atoms with Gasteiger partial charge in [-0.2, -0.15) is 0 Å². The molecule has 3 heterocycles. The standard InChI is InChI=1S/C9H21N4.Bi/c1-10-4-7-13(8-5-11-2)9-6-12-3;/h4-9H2,1-3H3;/q-3;+3. The van der Waals surface area contributed by atoms with Crippen molar-refractivity contribution in [1.82, 2.24) is 13.4 Å². The molecule has 0 amide bonds. The molecule has 0 N–H and O–H groups in total. The Hall–Kier alpha value is 0.723. The first-order valence-corrected chi connectivity index (χ1v) is 10.0. The van der Waals surface area contributed by atoms with Crippen LogP contribution >= 0.6 is 0 Å². The van der Waals surface area contributed by atoms with Crippen molar-refractivity contribution in [3.05, 3.63) is 0 Å². The molecule has 14 heavy (non-hydrogen) atoms. The van der Waals surface area contributed by atoms with E-state index in [0.29, 0.717) is 0 Å². The molecule has 0 spiro atoms. The number of hydrogen-bond donors (Lipinski definition) is 0. The summed E-state index contributed by atoms with van der Waals surface area (Å²) in [6, 6.07) is 0. The zero-order valence-electron chi connectivity index (χ0n) is 9.48. The van der Waals surface area contributed by atoms with Gasteiger partial charge < -0.3 is 0 Å². The number of hydrogen-bond acceptors (Lipinski definition) is 4. The predicted molar refractivity (Wildman–Crippen MR) is 60.1 cm³/mol. The van der Waals surface area contributed by atoms with Crippen molar-refractivity contribution in [2.24, 2.45) is 0 Å². The molecule has 4 nitrogen and oxygen atoms in total. The van der Waals surface area contributed by atoms with Gasteiger partial charge in [-0.15, -0.1) is 0 Å². The molecule has 0 aliphatic carbocycles. The first-order chi connectivity index (χ1) is 6.68. The van der Waals surface area contributed by atoms with Gasteiger partial charge in [-0.25, -0.2) is 0 Å². The second-order valence-electron chi connectivity index (χ2n) is 4.25. The molecule has 0 atom stereocenters. The van der Waals surface area contributed by atoms with Gasteiger partial charge in [-0.05, 0) is 0 Å². The Bertz CT molecular complexity index is 168. The number of rotatable bonds is 0. The van der Waals surface area contributed by atoms with Gasteiger partial charge in [-0.1, -0.05) is 0 Å². The fraction of sp³-hybridized carbons (Fsp3) is 1.00. The fourth-order valence-electron chi connectivity index (χ4n) is 2.24. The molecule has 3 saturated heterocycles. The topological polar surface area (TPSA) is 13.0 Å². The van der Waals surface area contributed by atoms with E-state index in [1.165, 1.54) is 39.3 Å². The molecule has 82 valence electrons. The second-order valence-corrected chi connectivity index (χ2v) is 14.3. The maximum absolute atomic E-state index is 2.65. The molecule has 0 aromatic heterocycles. The van der Waals surface area contributed by atoms with Gasteiger partial charge in [-0.3, -0.25) is 0 Å². The summed E-state index contributed by atoms with van der Waals surface area (Å²) in [4.78, 5) is 2.60. The van der Waals surface area contributed by atoms with Crippen LogP contribution in [0.3, 0.4) is 0 Å². The van der Waals surface area contributed by atoms with Crippen LogP contribution in [0.4, 0.5) is 0 Å². The third-order valence-electron chi connectivity index (χ3n) is 3.14. The minimum absolute atomic E-state index is 1.27. The van der Waals surface area contributed by atoms with Crippen LogP contribution in [0, 0.1) is 0 Å². The van der Waals surface area contributed by atoms with E-state index in [9.17, 15) is 0 Å². The van der Waals surface area contributed by atoms with Gasteiger partial charge in [0.05, 0.1) is 0 Å². The average Bonchev–Trinajstić information content (AvgIpc) is 2.11. The zero-order chi connectivity index (χ0) is 10.1. The van der Waals surface area contributed by atoms with Crippen molar-refractivity contribution in [3.63, 3.8) is 0 Å². The number of fused-ring (bicyclic) bond motifs is 6. The van der Waals surface area contributed by atoms with Crippen LogP contribution in [0.15, 0.2) is 0 Å². The molecular formula is C9H21BiN4. The van der Waals surface area contributed by atoms with Crippen molar-refractivity contribution in [1.29, 1.82) is 0 Å². The van der Waals surface area contributed by atoms with Crippen LogP contribution in [0.2, 0.25) is 0 Å². The SMILES string of the molecule is C[N]1CCN2CC[N](C)[Bi]1[N](C)CC2. The Morgan fingerprint density at radius 2 is 1.00 bits per heavy atom. The van der Waals surface area contributed by atoms with Gasteiger partial charge in [0.15, 0.2) is 0 Å². The molecule has 0 radical (unpaired) electrons. The van der Waals surface area contributed by atoms with Crippen molar-refractivity contribution < 1.29 is 0 Å². The summed E-state index contributed by atoms with van der Waals surface area (Å²) in [6.07, 6.45) is 0. The molecule has 3 aliphatic heterocycles. The Morgan fingerprint density at radius 3 is 1.36 bits per heavy atom. The Morgan fingerprint density at radius 1 is 0.643 bits per heavy atom. The molecule has 3 rings (SSSR count). The Labute approximate surface area is 96.3 Å². The molecular weight excluding hydrogens is 373 g/mol. The molecule has 0 unspecified atom stereocenters. The summed E-state index contributed by atoms with van der Waals surface area (Å²) in [5, 5.41) is 0. The van der Waals surface area contributed by atoms with Crippen LogP contribution in [-0.2, 0) is 0 Å². The van der Waals surface area contributed by atoms with Crippen LogP contribution in [0.1, 0.15) is 0 Å². The third-order valence-corrected chi connectivity index (χ3v) is 12.6. The van der Waals surface area contributed by atoms with Gasteiger partial charge in [0.1, 0.15) is 0 Å². The summed E-state index contributed by atoms with van der Waals surface area (Å²) in [6.45, 7) is 7.66. The summed E-state index contributed by atoms with van der Waals surface area (Å²) in [5.41, 5.74) is 0. The molecule has 2 bridgehead atoms. The second kappa shape index (κ2) is 4.71. The van der Waals surface area contributed by atoms with Crippen LogP contribution in [0.25, 0.3) is 0 Å². The molecule has 0 saturated carbocycles. The maximum atomic E-state index is 2.65. The van der Waals surface area contributed by atoms with E-state index in [-0.39, 0.29) is 0 Å². The molecule has 5 heteroatoms. The summed E-state index contributed by atoms with van der Waals surface area (Å²) in [5.74, 6) is 0. The monoisotopic (exact) mass is 394 g/mol. The van der Waals surface area contributed by atoms with Crippen molar-refractivity contribution in [2.45, 2.75) is 0 Å². The van der Waals surface area contributed by atoms with Gasteiger partial charge in [0.25, 0.3) is 0 Å². The van der Waals surface area contributed by atoms with Crippen molar-refractivity contribution in [2.75, 3.05) is 60.4 Å². The normalized spacial score (nSPS) is 30.2. The summed E-state index contributed by atoms with van der Waals surface area (Å²) in [7, 11) is 6.96. The first-order valence-electron chi connectivity index (χ1n) is 5.34. The van der Waals surface area contributed by atoms with Crippen LogP contribution in [-0.4, -0.2) is 96.5 Å². The Kier molecular flexibility index (Phi) is 3.77. The summed E-state index contributed by atoms with van der Waals surface area (Å²) < 4.78 is 7.96. The van der Waals surface area contributed by atoms with E-state index in [0.717, 1.165) is 0 Å². The summed E-state index contributed by atoms with van der Waals surface area (Å²) >= 11 is -1.66. The predicted octanol–water partition coefficient (Wildman–Crippen LogP) is -0.904. The average molecular weight is 394 g/mol. The molecule has 3 aliphatic rings. The van der Waals surface area contributed by atoms with E-state index in [4.69, 9.17) is 0 Å². The van der Waals surface area contributed by atoms with E-state index in [2.05, 4.69) is 34.6 Å². The third kappa shape index (κ3) is 2.28. The molecule has 3 fully saturated rings. The van der Waals surface area contributed by atoms with Crippen molar-refractivity contribution >= 4 is 22.6 Å². The van der Waals surface area contributed by atoms with Gasteiger partial charge >= 0.3 is 96.5 Å². The zero-order valence-corrected chi connectivity index (χ0v) is 13.0. The molecule has 0 aromatic rings. The Balaban J connectivity index is 2.17. The fourth-order valence-corrected chi connectivity index (χ4v) is 11.5. The van der Waals surface area contributed by atoms with E-state index < -0.39 is 22.6 Å². The van der Waals surface area contributed by atoms with E-state index in [1.807, 2.05) is 0 Å².